The van der Waals surface area contributed by atoms with Crippen molar-refractivity contribution in [2.75, 3.05) is 13.1 Å². The van der Waals surface area contributed by atoms with Gasteiger partial charge in [-0.05, 0) is 46.6 Å². The van der Waals surface area contributed by atoms with Crippen molar-refractivity contribution in [2.24, 2.45) is 4.99 Å². The van der Waals surface area contributed by atoms with Gasteiger partial charge < -0.3 is 10.1 Å². The van der Waals surface area contributed by atoms with E-state index in [2.05, 4.69) is 10.3 Å². The summed E-state index contributed by atoms with van der Waals surface area (Å²) < 4.78 is 5.38. The number of nitrogens with one attached hydrogen (secondary N) is 1. The number of amidine groups is 1. The van der Waals surface area contributed by atoms with Crippen LogP contribution in [0.3, 0.4) is 0 Å². The van der Waals surface area contributed by atoms with Crippen LogP contribution in [0.1, 0.15) is 40.5 Å². The molecule has 1 saturated heterocycles. The van der Waals surface area contributed by atoms with Gasteiger partial charge in [0.1, 0.15) is 17.5 Å². The number of ether oxygens (including phenoxy) is 1. The molecular weight excluding hydrogens is 294 g/mol. The first-order chi connectivity index (χ1) is 10.8. The van der Waals surface area contributed by atoms with E-state index in [-0.39, 0.29) is 5.91 Å². The molecule has 1 N–H and O–H groups in total. The van der Waals surface area contributed by atoms with Crippen molar-refractivity contribution in [3.63, 3.8) is 0 Å². The van der Waals surface area contributed by atoms with E-state index in [1.807, 2.05) is 39.8 Å². The molecule has 0 unspecified atom stereocenters. The molecule has 6 heteroatoms. The fourth-order valence-electron chi connectivity index (χ4n) is 2.49. The second kappa shape index (κ2) is 6.98. The number of nitrogens with zero attached hydrogens (tertiary/aromatic N) is 2. The zero-order valence-corrected chi connectivity index (χ0v) is 14.3. The average molecular weight is 319 g/mol. The number of hydrogen-bond donors (Lipinski definition) is 1. The van der Waals surface area contributed by atoms with Gasteiger partial charge in [-0.1, -0.05) is 17.7 Å². The average Bonchev–Trinajstić information content (AvgIpc) is 2.84. The number of allylic oxidation sites excluding steroid dienone is 2. The van der Waals surface area contributed by atoms with Crippen molar-refractivity contribution < 1.29 is 14.3 Å². The second-order valence-electron chi connectivity index (χ2n) is 6.83. The summed E-state index contributed by atoms with van der Waals surface area (Å²) in [5, 5.41) is 2.81. The van der Waals surface area contributed by atoms with Crippen LogP contribution in [0.2, 0.25) is 0 Å². The van der Waals surface area contributed by atoms with Crippen LogP contribution in [0, 0.1) is 0 Å². The van der Waals surface area contributed by atoms with Gasteiger partial charge in [0.25, 0.3) is 0 Å². The van der Waals surface area contributed by atoms with E-state index in [0.29, 0.717) is 25.3 Å². The SMILES string of the molecule is CC1=CCN=C(NC(=O)[C@@H]2CCCN2C(=O)OC(C)(C)C)C=C1. The lowest BCUT2D eigenvalue weighted by Gasteiger charge is -2.28. The van der Waals surface area contributed by atoms with Crippen LogP contribution in [0.4, 0.5) is 4.79 Å². The molecule has 1 atom stereocenters. The lowest BCUT2D eigenvalue weighted by atomic mass is 10.2. The zero-order chi connectivity index (χ0) is 17.0. The summed E-state index contributed by atoms with van der Waals surface area (Å²) in [5.74, 6) is 0.315. The van der Waals surface area contributed by atoms with Gasteiger partial charge in [0.2, 0.25) is 5.91 Å². The minimum atomic E-state index is -0.571. The smallest absolute Gasteiger partial charge is 0.410 e. The maximum absolute atomic E-state index is 12.5. The predicted octanol–water partition coefficient (Wildman–Crippen LogP) is 2.42. The minimum absolute atomic E-state index is 0.212. The van der Waals surface area contributed by atoms with Crippen molar-refractivity contribution in [3.8, 4) is 0 Å². The largest absolute Gasteiger partial charge is 0.444 e. The monoisotopic (exact) mass is 319 g/mol. The molecule has 0 aromatic heterocycles. The number of amides is 2. The molecule has 0 radical (unpaired) electrons. The van der Waals surface area contributed by atoms with Gasteiger partial charge in [0.05, 0.1) is 6.54 Å². The number of hydrogen-bond acceptors (Lipinski definition) is 4. The fourth-order valence-corrected chi connectivity index (χ4v) is 2.49. The zero-order valence-electron chi connectivity index (χ0n) is 14.3. The highest BCUT2D eigenvalue weighted by molar-refractivity contribution is 6.06. The Bertz CT molecular complexity index is 570. The molecule has 0 spiro atoms. The molecular formula is C17H25N3O3. The molecule has 0 bridgehead atoms. The number of carbonyl (C=O) groups excluding carboxylic acids is 2. The van der Waals surface area contributed by atoms with Gasteiger partial charge in [-0.3, -0.25) is 14.7 Å². The molecule has 2 aliphatic heterocycles. The maximum Gasteiger partial charge on any atom is 0.410 e. The van der Waals surface area contributed by atoms with Crippen molar-refractivity contribution in [2.45, 2.75) is 52.2 Å². The molecule has 0 aromatic carbocycles. The first-order valence-corrected chi connectivity index (χ1v) is 7.96. The number of rotatable bonds is 1. The minimum Gasteiger partial charge on any atom is -0.444 e. The third-order valence-corrected chi connectivity index (χ3v) is 3.61. The normalized spacial score (nSPS) is 21.4. The number of carbonyl (C=O) groups is 2. The number of aliphatic imine (C=N–C) groups is 1. The van der Waals surface area contributed by atoms with E-state index in [4.69, 9.17) is 4.74 Å². The topological polar surface area (TPSA) is 71.0 Å². The lowest BCUT2D eigenvalue weighted by molar-refractivity contribution is -0.124. The molecule has 1 fully saturated rings. The van der Waals surface area contributed by atoms with Crippen LogP contribution < -0.4 is 5.32 Å². The first kappa shape index (κ1) is 17.2. The Labute approximate surface area is 137 Å². The third kappa shape index (κ3) is 4.94. The summed E-state index contributed by atoms with van der Waals surface area (Å²) in [7, 11) is 0. The van der Waals surface area contributed by atoms with Gasteiger partial charge in [-0.15, -0.1) is 0 Å². The molecule has 6 nitrogen and oxygen atoms in total. The summed E-state index contributed by atoms with van der Waals surface area (Å²) in [6, 6.07) is -0.502. The highest BCUT2D eigenvalue weighted by Gasteiger charge is 2.36. The van der Waals surface area contributed by atoms with Gasteiger partial charge in [0.15, 0.2) is 0 Å². The number of likely N-dealkylation sites (tertiary alicyclic amines) is 1. The van der Waals surface area contributed by atoms with Crippen molar-refractivity contribution in [1.82, 2.24) is 10.2 Å². The Kier molecular flexibility index (Phi) is 5.23. The Hall–Kier alpha value is -2.11. The summed E-state index contributed by atoms with van der Waals surface area (Å²) >= 11 is 0. The summed E-state index contributed by atoms with van der Waals surface area (Å²) in [5.41, 5.74) is 0.534. The highest BCUT2D eigenvalue weighted by atomic mass is 16.6. The Morgan fingerprint density at radius 3 is 2.78 bits per heavy atom. The van der Waals surface area contributed by atoms with E-state index in [0.717, 1.165) is 12.0 Å². The van der Waals surface area contributed by atoms with Crippen LogP contribution in [0.15, 0.2) is 28.8 Å². The molecule has 2 rings (SSSR count). The van der Waals surface area contributed by atoms with Crippen LogP contribution in [0.25, 0.3) is 0 Å². The van der Waals surface area contributed by atoms with Crippen LogP contribution in [-0.2, 0) is 9.53 Å². The van der Waals surface area contributed by atoms with Crippen LogP contribution in [-0.4, -0.2) is 47.5 Å². The first-order valence-electron chi connectivity index (χ1n) is 7.96. The van der Waals surface area contributed by atoms with E-state index in [9.17, 15) is 9.59 Å². The molecule has 0 aromatic rings. The quantitative estimate of drug-likeness (QED) is 0.807. The Morgan fingerprint density at radius 2 is 2.09 bits per heavy atom. The molecule has 0 saturated carbocycles. The summed E-state index contributed by atoms with van der Waals surface area (Å²) in [6.07, 6.45) is 6.67. The predicted molar refractivity (Wildman–Crippen MR) is 89.3 cm³/mol. The lowest BCUT2D eigenvalue weighted by Crippen LogP contribution is -2.48. The van der Waals surface area contributed by atoms with Crippen LogP contribution in [0.5, 0.6) is 0 Å². The molecule has 2 heterocycles. The van der Waals surface area contributed by atoms with E-state index in [1.165, 1.54) is 4.90 Å². The van der Waals surface area contributed by atoms with Crippen molar-refractivity contribution in [3.05, 3.63) is 23.8 Å². The van der Waals surface area contributed by atoms with Gasteiger partial charge in [0, 0.05) is 6.54 Å². The molecule has 0 aliphatic carbocycles. The second-order valence-corrected chi connectivity index (χ2v) is 6.83. The maximum atomic E-state index is 12.5. The standard InChI is InChI=1S/C17H25N3O3/c1-12-7-8-14(18-10-9-12)19-15(21)13-6-5-11-20(13)16(22)23-17(2,3)4/h7-9,13H,5-6,10-11H2,1-4H3,(H,18,19,21)/t13-/m0/s1. The van der Waals surface area contributed by atoms with Gasteiger partial charge in [-0.2, -0.15) is 0 Å². The Morgan fingerprint density at radius 1 is 1.35 bits per heavy atom. The highest BCUT2D eigenvalue weighted by Crippen LogP contribution is 2.21. The van der Waals surface area contributed by atoms with E-state index >= 15 is 0 Å². The van der Waals surface area contributed by atoms with E-state index in [1.54, 1.807) is 6.08 Å². The molecule has 2 aliphatic rings. The van der Waals surface area contributed by atoms with Crippen molar-refractivity contribution >= 4 is 17.8 Å². The molecule has 126 valence electrons. The van der Waals surface area contributed by atoms with Crippen molar-refractivity contribution in [1.29, 1.82) is 0 Å². The van der Waals surface area contributed by atoms with Gasteiger partial charge in [-0.25, -0.2) is 4.79 Å². The van der Waals surface area contributed by atoms with Crippen LogP contribution >= 0.6 is 0 Å². The molecule has 2 amide bonds. The Balaban J connectivity index is 1.99. The fraction of sp³-hybridized carbons (Fsp3) is 0.588. The third-order valence-electron chi connectivity index (χ3n) is 3.61. The van der Waals surface area contributed by atoms with Gasteiger partial charge >= 0.3 is 6.09 Å². The summed E-state index contributed by atoms with van der Waals surface area (Å²) in [4.78, 5) is 30.5. The summed E-state index contributed by atoms with van der Waals surface area (Å²) in [6.45, 7) is 8.51. The molecule has 23 heavy (non-hydrogen) atoms. The van der Waals surface area contributed by atoms with E-state index < -0.39 is 17.7 Å².